The predicted molar refractivity (Wildman–Crippen MR) is 64.9 cm³/mol. The highest BCUT2D eigenvalue weighted by atomic mass is 33.1. The van der Waals surface area contributed by atoms with E-state index in [0.717, 1.165) is 0 Å². The van der Waals surface area contributed by atoms with Gasteiger partial charge in [0.05, 0.1) is 15.7 Å². The average Bonchev–Trinajstić information content (AvgIpc) is 2.33. The molecule has 0 aliphatic heterocycles. The Morgan fingerprint density at radius 1 is 1.00 bits per heavy atom. The SMILES string of the molecule is O=S(=O)(Sc1cccc[n+]1[O-])c1ccccc1. The number of nitrogens with zero attached hydrogens (tertiary/aromatic N) is 1. The Morgan fingerprint density at radius 3 is 2.29 bits per heavy atom. The fraction of sp³-hybridized carbons (Fsp3) is 0. The van der Waals surface area contributed by atoms with Crippen LogP contribution in [0.3, 0.4) is 0 Å². The first-order valence-electron chi connectivity index (χ1n) is 4.77. The summed E-state index contributed by atoms with van der Waals surface area (Å²) >= 11 is 0. The average molecular weight is 267 g/mol. The molecule has 17 heavy (non-hydrogen) atoms. The van der Waals surface area contributed by atoms with Crippen LogP contribution < -0.4 is 4.73 Å². The van der Waals surface area contributed by atoms with Crippen LogP contribution in [-0.2, 0) is 8.87 Å². The van der Waals surface area contributed by atoms with Crippen molar-refractivity contribution < 1.29 is 13.1 Å². The molecule has 0 radical (unpaired) electrons. The lowest BCUT2D eigenvalue weighted by Gasteiger charge is -2.04. The standard InChI is InChI=1S/C11H9NO3S2/c13-12-9-5-4-8-11(12)16-17(14,15)10-6-2-1-3-7-10/h1-9H. The molecule has 0 saturated carbocycles. The molecule has 0 aliphatic carbocycles. The van der Waals surface area contributed by atoms with Crippen molar-refractivity contribution in [1.29, 1.82) is 0 Å². The van der Waals surface area contributed by atoms with Crippen molar-refractivity contribution in [1.82, 2.24) is 0 Å². The first kappa shape index (κ1) is 11.9. The lowest BCUT2D eigenvalue weighted by atomic mass is 10.4. The second-order valence-electron chi connectivity index (χ2n) is 3.22. The van der Waals surface area contributed by atoms with Crippen molar-refractivity contribution >= 4 is 19.7 Å². The van der Waals surface area contributed by atoms with Gasteiger partial charge in [0.15, 0.2) is 6.20 Å². The van der Waals surface area contributed by atoms with Crippen LogP contribution in [0.15, 0.2) is 64.6 Å². The van der Waals surface area contributed by atoms with Crippen molar-refractivity contribution in [3.63, 3.8) is 0 Å². The number of benzene rings is 1. The van der Waals surface area contributed by atoms with E-state index in [4.69, 9.17) is 0 Å². The second-order valence-corrected chi connectivity index (χ2v) is 7.00. The van der Waals surface area contributed by atoms with Crippen molar-refractivity contribution in [3.8, 4) is 0 Å². The van der Waals surface area contributed by atoms with Gasteiger partial charge in [0, 0.05) is 12.1 Å². The van der Waals surface area contributed by atoms with Gasteiger partial charge in [-0.15, -0.1) is 0 Å². The van der Waals surface area contributed by atoms with Gasteiger partial charge >= 0.3 is 0 Å². The van der Waals surface area contributed by atoms with Crippen LogP contribution in [0, 0.1) is 5.21 Å². The summed E-state index contributed by atoms with van der Waals surface area (Å²) in [6, 6.07) is 12.7. The molecule has 1 heterocycles. The smallest absolute Gasteiger partial charge is 0.267 e. The third kappa shape index (κ3) is 2.78. The Morgan fingerprint density at radius 2 is 1.65 bits per heavy atom. The zero-order valence-corrected chi connectivity index (χ0v) is 10.3. The zero-order chi connectivity index (χ0) is 12.3. The molecule has 0 bridgehead atoms. The Bertz CT molecular complexity index is 612. The van der Waals surface area contributed by atoms with Gasteiger partial charge in [0.1, 0.15) is 0 Å². The van der Waals surface area contributed by atoms with E-state index >= 15 is 0 Å². The largest absolute Gasteiger partial charge is 0.618 e. The molecule has 6 heteroatoms. The molecule has 88 valence electrons. The normalized spacial score (nSPS) is 11.3. The molecule has 0 N–H and O–H groups in total. The summed E-state index contributed by atoms with van der Waals surface area (Å²) in [6.07, 6.45) is 1.27. The van der Waals surface area contributed by atoms with Gasteiger partial charge in [0.2, 0.25) is 8.87 Å². The fourth-order valence-corrected chi connectivity index (χ4v) is 3.99. The van der Waals surface area contributed by atoms with Gasteiger partial charge in [-0.25, -0.2) is 8.42 Å². The van der Waals surface area contributed by atoms with Gasteiger partial charge < -0.3 is 5.21 Å². The van der Waals surface area contributed by atoms with E-state index in [1.54, 1.807) is 30.3 Å². The Balaban J connectivity index is 2.34. The molecule has 2 rings (SSSR count). The zero-order valence-electron chi connectivity index (χ0n) is 8.68. The minimum Gasteiger partial charge on any atom is -0.618 e. The molecular weight excluding hydrogens is 258 g/mol. The molecule has 0 spiro atoms. The van der Waals surface area contributed by atoms with Crippen LogP contribution in [0.25, 0.3) is 0 Å². The van der Waals surface area contributed by atoms with Crippen LogP contribution in [0.1, 0.15) is 0 Å². The lowest BCUT2D eigenvalue weighted by Crippen LogP contribution is -2.28. The Kier molecular flexibility index (Phi) is 3.35. The van der Waals surface area contributed by atoms with Crippen molar-refractivity contribution in [2.75, 3.05) is 0 Å². The topological polar surface area (TPSA) is 61.1 Å². The summed E-state index contributed by atoms with van der Waals surface area (Å²) in [6.45, 7) is 0. The number of rotatable bonds is 3. The molecule has 1 aromatic carbocycles. The predicted octanol–water partition coefficient (Wildman–Crippen LogP) is 1.80. The minimum absolute atomic E-state index is 0.136. The number of aromatic nitrogens is 1. The van der Waals surface area contributed by atoms with Crippen LogP contribution in [0.5, 0.6) is 0 Å². The van der Waals surface area contributed by atoms with Crippen LogP contribution in [0.2, 0.25) is 0 Å². The maximum Gasteiger partial charge on any atom is 0.267 e. The lowest BCUT2D eigenvalue weighted by molar-refractivity contribution is -0.645. The number of hydrogen-bond acceptors (Lipinski definition) is 4. The first-order chi connectivity index (χ1) is 8.09. The highest BCUT2D eigenvalue weighted by molar-refractivity contribution is 8.72. The fourth-order valence-electron chi connectivity index (χ4n) is 1.22. The van der Waals surface area contributed by atoms with Gasteiger partial charge in [0.25, 0.3) is 5.03 Å². The second kappa shape index (κ2) is 4.77. The molecule has 0 amide bonds. The van der Waals surface area contributed by atoms with E-state index in [0.29, 0.717) is 15.5 Å². The maximum absolute atomic E-state index is 12.0. The highest BCUT2D eigenvalue weighted by Gasteiger charge is 2.20. The van der Waals surface area contributed by atoms with Gasteiger partial charge in [-0.1, -0.05) is 18.2 Å². The molecular formula is C11H9NO3S2. The summed E-state index contributed by atoms with van der Waals surface area (Å²) < 4.78 is 24.5. The Hall–Kier alpha value is -1.53. The molecule has 4 nitrogen and oxygen atoms in total. The van der Waals surface area contributed by atoms with E-state index in [1.807, 2.05) is 0 Å². The van der Waals surface area contributed by atoms with E-state index in [2.05, 4.69) is 0 Å². The monoisotopic (exact) mass is 267 g/mol. The number of hydrogen-bond donors (Lipinski definition) is 0. The summed E-state index contributed by atoms with van der Waals surface area (Å²) in [5, 5.41) is 11.5. The quantitative estimate of drug-likeness (QED) is 0.483. The third-order valence-corrected chi connectivity index (χ3v) is 5.32. The molecule has 1 aromatic heterocycles. The Labute approximate surface area is 103 Å². The first-order valence-corrected chi connectivity index (χ1v) is 7.59. The van der Waals surface area contributed by atoms with Gasteiger partial charge in [-0.05, 0) is 18.2 Å². The summed E-state index contributed by atoms with van der Waals surface area (Å²) in [5.74, 6) is 0. The molecule has 0 saturated heterocycles. The number of pyridine rings is 1. The van der Waals surface area contributed by atoms with Crippen LogP contribution in [0.4, 0.5) is 0 Å². The summed E-state index contributed by atoms with van der Waals surface area (Å²) in [7, 11) is -2.99. The van der Waals surface area contributed by atoms with E-state index < -0.39 is 8.87 Å². The van der Waals surface area contributed by atoms with Gasteiger partial charge in [-0.2, -0.15) is 4.73 Å². The minimum atomic E-state index is -3.54. The van der Waals surface area contributed by atoms with Crippen molar-refractivity contribution in [3.05, 3.63) is 59.9 Å². The van der Waals surface area contributed by atoms with Crippen molar-refractivity contribution in [2.45, 2.75) is 9.92 Å². The maximum atomic E-state index is 12.0. The summed E-state index contributed by atoms with van der Waals surface area (Å²) in [5.41, 5.74) is 0. The molecule has 0 atom stereocenters. The molecule has 0 fully saturated rings. The molecule has 0 unspecified atom stereocenters. The van der Waals surface area contributed by atoms with Crippen LogP contribution >= 0.6 is 10.8 Å². The van der Waals surface area contributed by atoms with E-state index in [9.17, 15) is 13.6 Å². The van der Waals surface area contributed by atoms with Crippen LogP contribution in [-0.4, -0.2) is 8.42 Å². The molecule has 2 aromatic rings. The highest BCUT2D eigenvalue weighted by Crippen LogP contribution is 2.27. The molecule has 0 aliphatic rings. The van der Waals surface area contributed by atoms with Gasteiger partial charge in [-0.3, -0.25) is 0 Å². The summed E-state index contributed by atoms with van der Waals surface area (Å²) in [4.78, 5) is 0.189. The van der Waals surface area contributed by atoms with E-state index in [-0.39, 0.29) is 9.92 Å². The van der Waals surface area contributed by atoms with Crippen molar-refractivity contribution in [2.24, 2.45) is 0 Å². The third-order valence-electron chi connectivity index (χ3n) is 2.02. The van der Waals surface area contributed by atoms with E-state index in [1.165, 1.54) is 24.4 Å².